The Hall–Kier alpha value is -1.48. The quantitative estimate of drug-likeness (QED) is 0.617. The van der Waals surface area contributed by atoms with E-state index in [1.165, 1.54) is 12.3 Å². The molecule has 0 radical (unpaired) electrons. The average molecular weight is 317 g/mol. The Morgan fingerprint density at radius 2 is 1.86 bits per heavy atom. The molecule has 2 rings (SSSR count). The number of nitrogens with one attached hydrogen (secondary N) is 1. The Morgan fingerprint density at radius 3 is 2.27 bits per heavy atom. The van der Waals surface area contributed by atoms with Gasteiger partial charge in [0.2, 0.25) is 0 Å². The van der Waals surface area contributed by atoms with Crippen molar-refractivity contribution in [2.75, 3.05) is 19.0 Å². The van der Waals surface area contributed by atoms with E-state index < -0.39 is 36.8 Å². The molecule has 0 aliphatic carbocycles. The molecule has 128 valence electrons. The van der Waals surface area contributed by atoms with Gasteiger partial charge in [0.25, 0.3) is 0 Å². The van der Waals surface area contributed by atoms with Crippen molar-refractivity contribution in [1.29, 1.82) is 0 Å². The second kappa shape index (κ2) is 10.3. The fourth-order valence-corrected chi connectivity index (χ4v) is 1.86. The van der Waals surface area contributed by atoms with Gasteiger partial charge in [-0.2, -0.15) is 4.98 Å². The van der Waals surface area contributed by atoms with Crippen LogP contribution in [0.2, 0.25) is 0 Å². The molecule has 1 aliphatic heterocycles. The summed E-state index contributed by atoms with van der Waals surface area (Å²) in [4.78, 5) is 15.4. The van der Waals surface area contributed by atoms with Gasteiger partial charge in [0, 0.05) is 13.2 Å². The summed E-state index contributed by atoms with van der Waals surface area (Å²) in [5.74, 6) is 0.392. The Labute approximate surface area is 130 Å². The standard InChI is InChI=1S/C10H15N3O5.2C2H6/c1-11-6-2-3-13(10(17)12-6)9-8(16)7(15)5(4-14)18-9;2*1-2/h2-3,5,7-9,14-16H,4H2,1H3,(H,11,12,17);2*1-2H3/t5-,7-,8+,9-;;/m1../s1. The highest BCUT2D eigenvalue weighted by Gasteiger charge is 2.43. The molecule has 0 unspecified atom stereocenters. The maximum atomic E-state index is 11.7. The fourth-order valence-electron chi connectivity index (χ4n) is 1.86. The van der Waals surface area contributed by atoms with Gasteiger partial charge in [-0.05, 0) is 6.07 Å². The van der Waals surface area contributed by atoms with Crippen molar-refractivity contribution in [2.45, 2.75) is 52.2 Å². The second-order valence-corrected chi connectivity index (χ2v) is 3.98. The molecule has 0 amide bonds. The van der Waals surface area contributed by atoms with Crippen molar-refractivity contribution in [1.82, 2.24) is 9.55 Å². The minimum absolute atomic E-state index is 0.392. The maximum Gasteiger partial charge on any atom is 0.351 e. The van der Waals surface area contributed by atoms with Crippen molar-refractivity contribution in [3.63, 3.8) is 0 Å². The minimum Gasteiger partial charge on any atom is -0.394 e. The van der Waals surface area contributed by atoms with Crippen LogP contribution in [0.3, 0.4) is 0 Å². The predicted octanol–water partition coefficient (Wildman–Crippen LogP) is -0.0511. The summed E-state index contributed by atoms with van der Waals surface area (Å²) < 4.78 is 6.30. The number of aliphatic hydroxyl groups is 3. The van der Waals surface area contributed by atoms with Gasteiger partial charge in [0.15, 0.2) is 6.23 Å². The zero-order valence-corrected chi connectivity index (χ0v) is 13.7. The van der Waals surface area contributed by atoms with E-state index in [0.717, 1.165) is 4.57 Å². The van der Waals surface area contributed by atoms with E-state index in [9.17, 15) is 15.0 Å². The molecule has 4 atom stereocenters. The number of anilines is 1. The van der Waals surface area contributed by atoms with Crippen molar-refractivity contribution in [2.24, 2.45) is 0 Å². The van der Waals surface area contributed by atoms with E-state index in [-0.39, 0.29) is 0 Å². The molecule has 2 heterocycles. The van der Waals surface area contributed by atoms with Crippen LogP contribution in [0, 0.1) is 0 Å². The number of aliphatic hydroxyl groups excluding tert-OH is 3. The van der Waals surface area contributed by atoms with Gasteiger partial charge in [-0.25, -0.2) is 4.79 Å². The molecule has 0 aromatic carbocycles. The molecule has 1 aliphatic rings. The third-order valence-corrected chi connectivity index (χ3v) is 2.88. The summed E-state index contributed by atoms with van der Waals surface area (Å²) in [6.07, 6.45) is -3.09. The van der Waals surface area contributed by atoms with Gasteiger partial charge in [-0.15, -0.1) is 0 Å². The molecule has 22 heavy (non-hydrogen) atoms. The highest BCUT2D eigenvalue weighted by Crippen LogP contribution is 2.27. The predicted molar refractivity (Wildman–Crippen MR) is 83.7 cm³/mol. The average Bonchev–Trinajstić information content (AvgIpc) is 2.86. The van der Waals surface area contributed by atoms with Crippen LogP contribution in [0.1, 0.15) is 33.9 Å². The summed E-state index contributed by atoms with van der Waals surface area (Å²) >= 11 is 0. The third-order valence-electron chi connectivity index (χ3n) is 2.88. The Kier molecular flexibility index (Phi) is 9.59. The van der Waals surface area contributed by atoms with Crippen LogP contribution in [0.25, 0.3) is 0 Å². The van der Waals surface area contributed by atoms with E-state index in [4.69, 9.17) is 9.84 Å². The molecule has 1 aromatic heterocycles. The van der Waals surface area contributed by atoms with Crippen LogP contribution in [0.4, 0.5) is 5.82 Å². The van der Waals surface area contributed by atoms with Crippen LogP contribution in [0.15, 0.2) is 17.1 Å². The van der Waals surface area contributed by atoms with Gasteiger partial charge in [-0.3, -0.25) is 4.57 Å². The first-order valence-electron chi connectivity index (χ1n) is 7.48. The highest BCUT2D eigenvalue weighted by molar-refractivity contribution is 5.30. The molecule has 1 fully saturated rings. The fraction of sp³-hybridized carbons (Fsp3) is 0.714. The summed E-state index contributed by atoms with van der Waals surface area (Å²) in [7, 11) is 1.62. The second-order valence-electron chi connectivity index (χ2n) is 3.98. The molecule has 1 saturated heterocycles. The van der Waals surface area contributed by atoms with Crippen molar-refractivity contribution < 1.29 is 20.1 Å². The van der Waals surface area contributed by atoms with Crippen LogP contribution >= 0.6 is 0 Å². The number of rotatable bonds is 3. The lowest BCUT2D eigenvalue weighted by Gasteiger charge is -2.17. The normalized spacial score (nSPS) is 26.4. The molecule has 0 spiro atoms. The zero-order valence-electron chi connectivity index (χ0n) is 13.7. The number of hydrogen-bond acceptors (Lipinski definition) is 7. The maximum absolute atomic E-state index is 11.7. The number of aromatic nitrogens is 2. The molecular formula is C14H27N3O5. The number of hydrogen-bond donors (Lipinski definition) is 4. The number of nitrogens with zero attached hydrogens (tertiary/aromatic N) is 2. The highest BCUT2D eigenvalue weighted by atomic mass is 16.6. The van der Waals surface area contributed by atoms with Crippen molar-refractivity contribution >= 4 is 5.82 Å². The SMILES string of the molecule is CC.CC.CNc1ccn([C@@H]2O[C@H](CO)[C@@H](O)[C@@H]2O)c(=O)n1. The van der Waals surface area contributed by atoms with E-state index >= 15 is 0 Å². The van der Waals surface area contributed by atoms with Gasteiger partial charge < -0.3 is 25.4 Å². The van der Waals surface area contributed by atoms with E-state index in [1.807, 2.05) is 27.7 Å². The monoisotopic (exact) mass is 317 g/mol. The van der Waals surface area contributed by atoms with Crippen molar-refractivity contribution in [3.8, 4) is 0 Å². The van der Waals surface area contributed by atoms with Gasteiger partial charge >= 0.3 is 5.69 Å². The largest absolute Gasteiger partial charge is 0.394 e. The van der Waals surface area contributed by atoms with Gasteiger partial charge in [0.1, 0.15) is 24.1 Å². The third kappa shape index (κ3) is 4.51. The summed E-state index contributed by atoms with van der Waals surface area (Å²) in [6, 6.07) is 1.54. The summed E-state index contributed by atoms with van der Waals surface area (Å²) in [5, 5.41) is 31.0. The smallest absolute Gasteiger partial charge is 0.351 e. The molecular weight excluding hydrogens is 290 g/mol. The van der Waals surface area contributed by atoms with Crippen LogP contribution in [-0.2, 0) is 4.74 Å². The Balaban J connectivity index is 0.00000102. The molecule has 8 nitrogen and oxygen atoms in total. The Bertz CT molecular complexity index is 480. The minimum atomic E-state index is -1.29. The number of ether oxygens (including phenoxy) is 1. The lowest BCUT2D eigenvalue weighted by molar-refractivity contribution is -0.0549. The first kappa shape index (κ1) is 20.5. The molecule has 1 aromatic rings. The first-order chi connectivity index (χ1) is 10.6. The topological polar surface area (TPSA) is 117 Å². The van der Waals surface area contributed by atoms with Gasteiger partial charge in [0.05, 0.1) is 6.61 Å². The molecule has 0 bridgehead atoms. The van der Waals surface area contributed by atoms with E-state index in [0.29, 0.717) is 5.82 Å². The summed E-state index contributed by atoms with van der Waals surface area (Å²) in [5.41, 5.74) is -0.614. The van der Waals surface area contributed by atoms with E-state index in [2.05, 4.69) is 10.3 Å². The van der Waals surface area contributed by atoms with Crippen molar-refractivity contribution in [3.05, 3.63) is 22.7 Å². The van der Waals surface area contributed by atoms with Crippen LogP contribution in [0.5, 0.6) is 0 Å². The van der Waals surface area contributed by atoms with Gasteiger partial charge in [-0.1, -0.05) is 27.7 Å². The Morgan fingerprint density at radius 1 is 1.27 bits per heavy atom. The lowest BCUT2D eigenvalue weighted by atomic mass is 10.1. The first-order valence-corrected chi connectivity index (χ1v) is 7.48. The molecule has 8 heteroatoms. The van der Waals surface area contributed by atoms with Crippen LogP contribution < -0.4 is 11.0 Å². The summed E-state index contributed by atoms with van der Waals surface area (Å²) in [6.45, 7) is 7.56. The molecule has 4 N–H and O–H groups in total. The van der Waals surface area contributed by atoms with E-state index in [1.54, 1.807) is 7.05 Å². The zero-order chi connectivity index (χ0) is 17.3. The van der Waals surface area contributed by atoms with Crippen LogP contribution in [-0.4, -0.2) is 56.8 Å². The molecule has 0 saturated carbocycles. The lowest BCUT2D eigenvalue weighted by Crippen LogP contribution is -2.36.